The number of hydrogen-bond donors (Lipinski definition) is 1. The molecule has 0 aliphatic carbocycles. The van der Waals surface area contributed by atoms with Gasteiger partial charge < -0.3 is 9.63 Å². The number of halogens is 1. The SMILES string of the molecule is CC(C)(C(=O)O)c1noc(-c2ccc(F)cc2)n1. The predicted molar refractivity (Wildman–Crippen MR) is 60.4 cm³/mol. The van der Waals surface area contributed by atoms with E-state index in [0.717, 1.165) is 0 Å². The number of aliphatic carboxylic acids is 1. The fourth-order valence-electron chi connectivity index (χ4n) is 1.28. The van der Waals surface area contributed by atoms with E-state index in [-0.39, 0.29) is 17.5 Å². The zero-order chi connectivity index (χ0) is 13.3. The Kier molecular flexibility index (Phi) is 2.86. The Bertz CT molecular complexity index is 575. The molecule has 18 heavy (non-hydrogen) atoms. The van der Waals surface area contributed by atoms with Gasteiger partial charge in [-0.15, -0.1) is 0 Å². The van der Waals surface area contributed by atoms with Crippen LogP contribution in [0.15, 0.2) is 28.8 Å². The fourth-order valence-corrected chi connectivity index (χ4v) is 1.28. The number of carbonyl (C=O) groups is 1. The molecule has 1 N–H and O–H groups in total. The number of carboxylic acid groups (broad SMARTS) is 1. The molecule has 0 fully saturated rings. The summed E-state index contributed by atoms with van der Waals surface area (Å²) in [4.78, 5) is 15.1. The molecule has 0 unspecified atom stereocenters. The third-order valence-electron chi connectivity index (χ3n) is 2.61. The molecule has 0 saturated carbocycles. The second kappa shape index (κ2) is 4.21. The number of nitrogens with zero attached hydrogens (tertiary/aromatic N) is 2. The first kappa shape index (κ1) is 12.2. The summed E-state index contributed by atoms with van der Waals surface area (Å²) in [5, 5.41) is 12.7. The quantitative estimate of drug-likeness (QED) is 0.903. The van der Waals surface area contributed by atoms with Crippen molar-refractivity contribution in [2.24, 2.45) is 0 Å². The Balaban J connectivity index is 2.37. The highest BCUT2D eigenvalue weighted by Gasteiger charge is 2.35. The summed E-state index contributed by atoms with van der Waals surface area (Å²) in [6.07, 6.45) is 0. The second-order valence-electron chi connectivity index (χ2n) is 4.36. The summed E-state index contributed by atoms with van der Waals surface area (Å²) in [6, 6.07) is 5.50. The van der Waals surface area contributed by atoms with Crippen LogP contribution in [0.25, 0.3) is 11.5 Å². The monoisotopic (exact) mass is 250 g/mol. The molecule has 1 aromatic heterocycles. The Hall–Kier alpha value is -2.24. The van der Waals surface area contributed by atoms with Crippen LogP contribution in [0, 0.1) is 5.82 Å². The van der Waals surface area contributed by atoms with Crippen LogP contribution in [0.4, 0.5) is 4.39 Å². The highest BCUT2D eigenvalue weighted by atomic mass is 19.1. The number of hydrogen-bond acceptors (Lipinski definition) is 4. The molecule has 0 bridgehead atoms. The van der Waals surface area contributed by atoms with E-state index in [2.05, 4.69) is 10.1 Å². The van der Waals surface area contributed by atoms with E-state index in [1.54, 1.807) is 0 Å². The van der Waals surface area contributed by atoms with Gasteiger partial charge in [-0.3, -0.25) is 4.79 Å². The molecule has 0 aliphatic rings. The van der Waals surface area contributed by atoms with Crippen molar-refractivity contribution in [3.05, 3.63) is 35.9 Å². The van der Waals surface area contributed by atoms with Gasteiger partial charge in [0.05, 0.1) is 0 Å². The highest BCUT2D eigenvalue weighted by molar-refractivity contribution is 5.79. The van der Waals surface area contributed by atoms with Crippen molar-refractivity contribution in [3.63, 3.8) is 0 Å². The zero-order valence-corrected chi connectivity index (χ0v) is 9.85. The topological polar surface area (TPSA) is 76.2 Å². The average molecular weight is 250 g/mol. The molecule has 1 heterocycles. The normalized spacial score (nSPS) is 11.5. The maximum Gasteiger partial charge on any atom is 0.316 e. The molecule has 5 nitrogen and oxygen atoms in total. The average Bonchev–Trinajstić information content (AvgIpc) is 2.79. The largest absolute Gasteiger partial charge is 0.481 e. The summed E-state index contributed by atoms with van der Waals surface area (Å²) in [6.45, 7) is 2.96. The third kappa shape index (κ3) is 2.09. The van der Waals surface area contributed by atoms with Crippen molar-refractivity contribution in [1.82, 2.24) is 10.1 Å². The third-order valence-corrected chi connectivity index (χ3v) is 2.61. The maximum absolute atomic E-state index is 12.8. The number of benzene rings is 1. The van der Waals surface area contributed by atoms with Gasteiger partial charge in [-0.25, -0.2) is 4.39 Å². The highest BCUT2D eigenvalue weighted by Crippen LogP contribution is 2.24. The zero-order valence-electron chi connectivity index (χ0n) is 9.85. The van der Waals surface area contributed by atoms with Gasteiger partial charge in [0.1, 0.15) is 11.2 Å². The van der Waals surface area contributed by atoms with Gasteiger partial charge in [-0.1, -0.05) is 5.16 Å². The van der Waals surface area contributed by atoms with Crippen LogP contribution in [-0.4, -0.2) is 21.2 Å². The van der Waals surface area contributed by atoms with Gasteiger partial charge in [0.2, 0.25) is 0 Å². The van der Waals surface area contributed by atoms with E-state index in [1.807, 2.05) is 0 Å². The molecule has 2 rings (SSSR count). The molecule has 0 atom stereocenters. The van der Waals surface area contributed by atoms with Gasteiger partial charge in [-0.05, 0) is 38.1 Å². The lowest BCUT2D eigenvalue weighted by atomic mass is 9.93. The summed E-state index contributed by atoms with van der Waals surface area (Å²) < 4.78 is 17.7. The van der Waals surface area contributed by atoms with Crippen LogP contribution in [0.2, 0.25) is 0 Å². The van der Waals surface area contributed by atoms with Crippen LogP contribution in [0.5, 0.6) is 0 Å². The molecular formula is C12H11FN2O3. The number of carboxylic acids is 1. The van der Waals surface area contributed by atoms with Gasteiger partial charge in [0.25, 0.3) is 5.89 Å². The minimum Gasteiger partial charge on any atom is -0.481 e. The van der Waals surface area contributed by atoms with Crippen LogP contribution in [0.1, 0.15) is 19.7 Å². The van der Waals surface area contributed by atoms with Crippen LogP contribution in [0.3, 0.4) is 0 Å². The standard InChI is InChI=1S/C12H11FN2O3/c1-12(2,11(16)17)10-14-9(18-15-10)7-3-5-8(13)6-4-7/h3-6H,1-2H3,(H,16,17). The van der Waals surface area contributed by atoms with Crippen molar-refractivity contribution in [3.8, 4) is 11.5 Å². The molecule has 2 aromatic rings. The Labute approximate surface area is 102 Å². The number of aromatic nitrogens is 2. The van der Waals surface area contributed by atoms with E-state index in [4.69, 9.17) is 9.63 Å². The van der Waals surface area contributed by atoms with Gasteiger partial charge in [0.15, 0.2) is 5.82 Å². The predicted octanol–water partition coefficient (Wildman–Crippen LogP) is 2.24. The first-order valence-electron chi connectivity index (χ1n) is 5.25. The van der Waals surface area contributed by atoms with Crippen molar-refractivity contribution >= 4 is 5.97 Å². The minimum absolute atomic E-state index is 0.0781. The lowest BCUT2D eigenvalue weighted by molar-refractivity contribution is -0.142. The maximum atomic E-state index is 12.8. The van der Waals surface area contributed by atoms with Crippen LogP contribution < -0.4 is 0 Å². The molecule has 94 valence electrons. The van der Waals surface area contributed by atoms with Gasteiger partial charge in [-0.2, -0.15) is 4.98 Å². The van der Waals surface area contributed by atoms with Gasteiger partial charge in [0, 0.05) is 5.56 Å². The van der Waals surface area contributed by atoms with E-state index in [9.17, 15) is 9.18 Å². The smallest absolute Gasteiger partial charge is 0.316 e. The van der Waals surface area contributed by atoms with Crippen molar-refractivity contribution in [2.75, 3.05) is 0 Å². The van der Waals surface area contributed by atoms with Crippen LogP contribution >= 0.6 is 0 Å². The minimum atomic E-state index is -1.23. The van der Waals surface area contributed by atoms with Crippen LogP contribution in [-0.2, 0) is 10.2 Å². The molecule has 0 saturated heterocycles. The fraction of sp³-hybridized carbons (Fsp3) is 0.250. The molecule has 0 amide bonds. The van der Waals surface area contributed by atoms with Crippen molar-refractivity contribution in [1.29, 1.82) is 0 Å². The Morgan fingerprint density at radius 1 is 1.33 bits per heavy atom. The lowest BCUT2D eigenvalue weighted by Crippen LogP contribution is -2.29. The number of rotatable bonds is 3. The summed E-state index contributed by atoms with van der Waals surface area (Å²) in [7, 11) is 0. The van der Waals surface area contributed by atoms with Gasteiger partial charge >= 0.3 is 5.97 Å². The summed E-state index contributed by atoms with van der Waals surface area (Å²) in [5.41, 5.74) is -0.696. The summed E-state index contributed by atoms with van der Waals surface area (Å²) in [5.74, 6) is -1.17. The molecule has 0 aliphatic heterocycles. The second-order valence-corrected chi connectivity index (χ2v) is 4.36. The van der Waals surface area contributed by atoms with Crippen molar-refractivity contribution < 1.29 is 18.8 Å². The Morgan fingerprint density at radius 3 is 2.50 bits per heavy atom. The molecular weight excluding hydrogens is 239 g/mol. The first-order chi connectivity index (χ1) is 8.41. The van der Waals surface area contributed by atoms with E-state index in [1.165, 1.54) is 38.1 Å². The molecule has 0 spiro atoms. The van der Waals surface area contributed by atoms with Crippen molar-refractivity contribution in [2.45, 2.75) is 19.3 Å². The Morgan fingerprint density at radius 2 is 1.94 bits per heavy atom. The van der Waals surface area contributed by atoms with E-state index < -0.39 is 11.4 Å². The summed E-state index contributed by atoms with van der Waals surface area (Å²) >= 11 is 0. The van der Waals surface area contributed by atoms with E-state index in [0.29, 0.717) is 5.56 Å². The molecule has 1 aromatic carbocycles. The molecule has 0 radical (unpaired) electrons. The first-order valence-corrected chi connectivity index (χ1v) is 5.25. The lowest BCUT2D eigenvalue weighted by Gasteiger charge is -2.12. The van der Waals surface area contributed by atoms with E-state index >= 15 is 0 Å². The molecule has 6 heteroatoms.